The van der Waals surface area contributed by atoms with Gasteiger partial charge in [-0.3, -0.25) is 4.79 Å². The Kier molecular flexibility index (Phi) is 4.69. The fourth-order valence-electron chi connectivity index (χ4n) is 4.83. The van der Waals surface area contributed by atoms with E-state index in [1.165, 1.54) is 0 Å². The van der Waals surface area contributed by atoms with Gasteiger partial charge in [0.15, 0.2) is 5.78 Å². The van der Waals surface area contributed by atoms with E-state index < -0.39 is 5.60 Å². The zero-order valence-corrected chi connectivity index (χ0v) is 15.2. The van der Waals surface area contributed by atoms with Crippen molar-refractivity contribution in [1.29, 1.82) is 0 Å². The zero-order valence-electron chi connectivity index (χ0n) is 15.2. The van der Waals surface area contributed by atoms with Crippen molar-refractivity contribution in [3.05, 3.63) is 24.3 Å². The lowest BCUT2D eigenvalue weighted by molar-refractivity contribution is -0.138. The maximum absolute atomic E-state index is 12.2. The van der Waals surface area contributed by atoms with Crippen molar-refractivity contribution in [1.82, 2.24) is 0 Å². The smallest absolute Gasteiger partial charge is 0.155 e. The van der Waals surface area contributed by atoms with E-state index in [1.54, 1.807) is 19.1 Å². The predicted octanol–water partition coefficient (Wildman–Crippen LogP) is 3.65. The molecule has 2 aliphatic carbocycles. The van der Waals surface area contributed by atoms with Crippen LogP contribution in [0.2, 0.25) is 0 Å². The van der Waals surface area contributed by atoms with Crippen LogP contribution in [0.3, 0.4) is 0 Å². The number of aliphatic hydroxyl groups excluding tert-OH is 1. The summed E-state index contributed by atoms with van der Waals surface area (Å²) >= 11 is 0. The largest absolute Gasteiger partial charge is 0.393 e. The molecule has 0 aromatic carbocycles. The number of ketones is 1. The Morgan fingerprint density at radius 1 is 1.48 bits per heavy atom. The van der Waals surface area contributed by atoms with Crippen LogP contribution in [0.1, 0.15) is 60.3 Å². The second kappa shape index (κ2) is 5.86. The number of rotatable bonds is 4. The molecule has 0 aromatic rings. The lowest BCUT2D eigenvalue weighted by Gasteiger charge is -2.59. The van der Waals surface area contributed by atoms with E-state index >= 15 is 0 Å². The van der Waals surface area contributed by atoms with Crippen molar-refractivity contribution in [2.24, 2.45) is 22.7 Å². The number of allylic oxidation sites excluding steroid dienone is 2. The minimum absolute atomic E-state index is 0.0971. The summed E-state index contributed by atoms with van der Waals surface area (Å²) in [5.41, 5.74) is -0.156. The van der Waals surface area contributed by atoms with Gasteiger partial charge in [0.2, 0.25) is 0 Å². The van der Waals surface area contributed by atoms with Gasteiger partial charge in [0.1, 0.15) is 0 Å². The van der Waals surface area contributed by atoms with Gasteiger partial charge in [-0.1, -0.05) is 32.4 Å². The Morgan fingerprint density at radius 3 is 2.65 bits per heavy atom. The van der Waals surface area contributed by atoms with Crippen molar-refractivity contribution in [3.8, 4) is 0 Å². The fourth-order valence-corrected chi connectivity index (χ4v) is 4.83. The first-order valence-electron chi connectivity index (χ1n) is 8.72. The van der Waals surface area contributed by atoms with Gasteiger partial charge in [0, 0.05) is 6.42 Å². The van der Waals surface area contributed by atoms with Crippen LogP contribution in [0, 0.1) is 22.7 Å². The molecule has 1 saturated carbocycles. The second-order valence-corrected chi connectivity index (χ2v) is 8.60. The molecule has 3 nitrogen and oxygen atoms in total. The number of carbonyl (C=O) groups excluding carboxylic acids is 1. The third-order valence-corrected chi connectivity index (χ3v) is 7.11. The minimum Gasteiger partial charge on any atom is -0.393 e. The van der Waals surface area contributed by atoms with E-state index in [9.17, 15) is 15.0 Å². The summed E-state index contributed by atoms with van der Waals surface area (Å²) in [4.78, 5) is 12.2. The van der Waals surface area contributed by atoms with Crippen LogP contribution in [-0.2, 0) is 4.79 Å². The highest BCUT2D eigenvalue weighted by Gasteiger charge is 2.57. The molecule has 1 fully saturated rings. The molecular weight excluding hydrogens is 288 g/mol. The van der Waals surface area contributed by atoms with Gasteiger partial charge in [0.25, 0.3) is 0 Å². The summed E-state index contributed by atoms with van der Waals surface area (Å²) in [5.74, 6) is 0.488. The van der Waals surface area contributed by atoms with Crippen molar-refractivity contribution in [2.75, 3.05) is 0 Å². The monoisotopic (exact) mass is 320 g/mol. The van der Waals surface area contributed by atoms with Crippen molar-refractivity contribution in [3.63, 3.8) is 0 Å². The molecule has 2 aliphatic rings. The summed E-state index contributed by atoms with van der Waals surface area (Å²) in [6.45, 7) is 14.0. The van der Waals surface area contributed by atoms with Gasteiger partial charge in [0.05, 0.1) is 11.7 Å². The van der Waals surface area contributed by atoms with Gasteiger partial charge >= 0.3 is 0 Å². The summed E-state index contributed by atoms with van der Waals surface area (Å²) < 4.78 is 0. The molecule has 0 heterocycles. The Morgan fingerprint density at radius 2 is 2.09 bits per heavy atom. The molecule has 0 radical (unpaired) electrons. The van der Waals surface area contributed by atoms with Gasteiger partial charge in [-0.15, -0.1) is 6.58 Å². The third-order valence-electron chi connectivity index (χ3n) is 7.11. The Labute approximate surface area is 140 Å². The van der Waals surface area contributed by atoms with Crippen LogP contribution < -0.4 is 0 Å². The second-order valence-electron chi connectivity index (χ2n) is 8.60. The Hall–Kier alpha value is -0.930. The molecular formula is C20H32O3. The van der Waals surface area contributed by atoms with E-state index in [4.69, 9.17) is 0 Å². The maximum Gasteiger partial charge on any atom is 0.155 e. The van der Waals surface area contributed by atoms with E-state index in [0.717, 1.165) is 12.0 Å². The van der Waals surface area contributed by atoms with Crippen LogP contribution in [0.15, 0.2) is 24.3 Å². The van der Waals surface area contributed by atoms with Gasteiger partial charge in [-0.05, 0) is 61.9 Å². The van der Waals surface area contributed by atoms with Crippen molar-refractivity contribution in [2.45, 2.75) is 72.0 Å². The molecule has 0 aromatic heterocycles. The SMILES string of the molecule is C=C[C@@](C)(O)CC[C@@]1(C)[C@H]2CC(=O)C=C(C)[C@]2(C)C[C@@H](O)[C@@H]1C. The number of hydrogen-bond acceptors (Lipinski definition) is 3. The van der Waals surface area contributed by atoms with Crippen LogP contribution in [-0.4, -0.2) is 27.7 Å². The highest BCUT2D eigenvalue weighted by molar-refractivity contribution is 5.92. The van der Waals surface area contributed by atoms with E-state index in [-0.39, 0.29) is 34.6 Å². The summed E-state index contributed by atoms with van der Waals surface area (Å²) in [6.07, 6.45) is 5.57. The lowest BCUT2D eigenvalue weighted by atomic mass is 9.46. The fraction of sp³-hybridized carbons (Fsp3) is 0.750. The van der Waals surface area contributed by atoms with Crippen LogP contribution >= 0.6 is 0 Å². The van der Waals surface area contributed by atoms with Crippen LogP contribution in [0.25, 0.3) is 0 Å². The number of fused-ring (bicyclic) bond motifs is 1. The molecule has 0 aliphatic heterocycles. The maximum atomic E-state index is 12.2. The van der Waals surface area contributed by atoms with E-state index in [0.29, 0.717) is 19.3 Å². The molecule has 0 unspecified atom stereocenters. The lowest BCUT2D eigenvalue weighted by Crippen LogP contribution is -2.56. The Balaban J connectivity index is 2.40. The van der Waals surface area contributed by atoms with E-state index in [1.807, 2.05) is 6.92 Å². The highest BCUT2D eigenvalue weighted by atomic mass is 16.3. The van der Waals surface area contributed by atoms with Crippen LogP contribution in [0.4, 0.5) is 0 Å². The summed E-state index contributed by atoms with van der Waals surface area (Å²) in [6, 6.07) is 0. The molecule has 130 valence electrons. The highest BCUT2D eigenvalue weighted by Crippen LogP contribution is 2.61. The van der Waals surface area contributed by atoms with Gasteiger partial charge in [-0.25, -0.2) is 0 Å². The normalized spacial score (nSPS) is 43.3. The average Bonchev–Trinajstić information content (AvgIpc) is 2.47. The quantitative estimate of drug-likeness (QED) is 0.777. The first-order chi connectivity index (χ1) is 10.5. The molecule has 0 spiro atoms. The average molecular weight is 320 g/mol. The van der Waals surface area contributed by atoms with Crippen LogP contribution in [0.5, 0.6) is 0 Å². The van der Waals surface area contributed by atoms with Crippen molar-refractivity contribution >= 4 is 5.78 Å². The van der Waals surface area contributed by atoms with E-state index in [2.05, 4.69) is 27.4 Å². The number of aliphatic hydroxyl groups is 2. The van der Waals surface area contributed by atoms with Gasteiger partial charge in [-0.2, -0.15) is 0 Å². The standard InChI is InChI=1S/C20H32O3/c1-7-18(4,23)8-9-19(5)14(3)16(22)12-20(6)13(2)10-15(21)11-17(19)20/h7,10,14,16-17,22-23H,1,8-9,11-12H2,2-6H3/t14-,16+,17+,18+,19+,20-/m0/s1. The number of hydrogen-bond donors (Lipinski definition) is 2. The molecule has 2 N–H and O–H groups in total. The molecule has 6 atom stereocenters. The predicted molar refractivity (Wildman–Crippen MR) is 92.9 cm³/mol. The first kappa shape index (κ1) is 18.4. The van der Waals surface area contributed by atoms with Crippen molar-refractivity contribution < 1.29 is 15.0 Å². The molecule has 23 heavy (non-hydrogen) atoms. The zero-order chi connectivity index (χ0) is 17.6. The summed E-state index contributed by atoms with van der Waals surface area (Å²) in [5, 5.41) is 21.0. The Bertz CT molecular complexity index is 533. The molecule has 0 amide bonds. The minimum atomic E-state index is -0.912. The third kappa shape index (κ3) is 3.06. The summed E-state index contributed by atoms with van der Waals surface area (Å²) in [7, 11) is 0. The first-order valence-corrected chi connectivity index (χ1v) is 8.72. The molecule has 3 heteroatoms. The molecule has 0 saturated heterocycles. The molecule has 0 bridgehead atoms. The topological polar surface area (TPSA) is 57.5 Å². The van der Waals surface area contributed by atoms with Gasteiger partial charge < -0.3 is 10.2 Å². The molecule has 2 rings (SSSR count). The number of carbonyl (C=O) groups is 1.